The van der Waals surface area contributed by atoms with E-state index in [4.69, 9.17) is 0 Å². The number of piperazine rings is 1. The molecule has 1 aliphatic heterocycles. The van der Waals surface area contributed by atoms with Crippen LogP contribution in [0.5, 0.6) is 0 Å². The summed E-state index contributed by atoms with van der Waals surface area (Å²) in [5.41, 5.74) is 0. The summed E-state index contributed by atoms with van der Waals surface area (Å²) in [6.45, 7) is 0.254. The van der Waals surface area contributed by atoms with E-state index < -0.39 is 18.5 Å². The molecule has 1 N–H and O–H groups in total. The van der Waals surface area contributed by atoms with Crippen LogP contribution in [0.2, 0.25) is 0 Å². The number of alkyl halides is 1. The molecule has 11 heavy (non-hydrogen) atoms. The van der Waals surface area contributed by atoms with Gasteiger partial charge in [0.25, 0.3) is 0 Å². The van der Waals surface area contributed by atoms with Crippen LogP contribution in [-0.4, -0.2) is 43.0 Å². The Kier molecular flexibility index (Phi) is 2.40. The lowest BCUT2D eigenvalue weighted by Gasteiger charge is -2.24. The first kappa shape index (κ1) is 7.97. The third-order valence-corrected chi connectivity index (χ3v) is 1.50. The van der Waals surface area contributed by atoms with E-state index in [9.17, 15) is 14.0 Å². The van der Waals surface area contributed by atoms with E-state index >= 15 is 0 Å². The molecule has 0 saturated carbocycles. The van der Waals surface area contributed by atoms with Crippen molar-refractivity contribution in [1.82, 2.24) is 10.2 Å². The number of amides is 2. The molecule has 1 heterocycles. The van der Waals surface area contributed by atoms with E-state index in [1.54, 1.807) is 0 Å². The molecule has 0 radical (unpaired) electrons. The van der Waals surface area contributed by atoms with Crippen LogP contribution in [-0.2, 0) is 9.59 Å². The lowest BCUT2D eigenvalue weighted by Crippen LogP contribution is -2.52. The standard InChI is InChI=1S/C6H9FN2O2/c7-1-3-9-4-2-8-5(10)6(9)11/h1-4H2,(H,8,10). The predicted octanol–water partition coefficient (Wildman–Crippen LogP) is -1.09. The molecule has 0 aromatic heterocycles. The summed E-state index contributed by atoms with van der Waals surface area (Å²) in [4.78, 5) is 22.7. The van der Waals surface area contributed by atoms with Gasteiger partial charge in [0, 0.05) is 19.6 Å². The molecule has 5 heteroatoms. The van der Waals surface area contributed by atoms with Crippen LogP contribution in [0, 0.1) is 0 Å². The topological polar surface area (TPSA) is 49.4 Å². The Morgan fingerprint density at radius 1 is 1.55 bits per heavy atom. The van der Waals surface area contributed by atoms with Gasteiger partial charge < -0.3 is 10.2 Å². The molecule has 0 aromatic rings. The third-order valence-electron chi connectivity index (χ3n) is 1.50. The summed E-state index contributed by atoms with van der Waals surface area (Å²) in [6, 6.07) is 0. The van der Waals surface area contributed by atoms with E-state index in [1.165, 1.54) is 4.90 Å². The lowest BCUT2D eigenvalue weighted by atomic mass is 10.3. The molecular formula is C6H9FN2O2. The molecule has 1 rings (SSSR count). The molecule has 1 aliphatic rings. The zero-order valence-corrected chi connectivity index (χ0v) is 5.97. The average Bonchev–Trinajstić information content (AvgIpc) is 1.99. The fourth-order valence-electron chi connectivity index (χ4n) is 0.941. The Morgan fingerprint density at radius 3 is 2.91 bits per heavy atom. The Labute approximate surface area is 63.4 Å². The smallest absolute Gasteiger partial charge is 0.312 e. The number of halogens is 1. The Bertz CT molecular complexity index is 181. The van der Waals surface area contributed by atoms with Crippen LogP contribution in [0.15, 0.2) is 0 Å². The summed E-state index contributed by atoms with van der Waals surface area (Å²) >= 11 is 0. The van der Waals surface area contributed by atoms with Gasteiger partial charge in [-0.2, -0.15) is 0 Å². The second-order valence-corrected chi connectivity index (χ2v) is 2.24. The van der Waals surface area contributed by atoms with Gasteiger partial charge in [-0.25, -0.2) is 4.39 Å². The summed E-state index contributed by atoms with van der Waals surface area (Å²) < 4.78 is 11.8. The van der Waals surface area contributed by atoms with Crippen molar-refractivity contribution < 1.29 is 14.0 Å². The molecule has 2 amide bonds. The fraction of sp³-hybridized carbons (Fsp3) is 0.667. The number of carbonyl (C=O) groups is 2. The molecule has 0 unspecified atom stereocenters. The molecule has 0 aliphatic carbocycles. The SMILES string of the molecule is O=C1NCCN(CCF)C1=O. The molecule has 0 aromatic carbocycles. The molecule has 0 atom stereocenters. The maximum atomic E-state index is 11.8. The second kappa shape index (κ2) is 3.32. The number of rotatable bonds is 2. The maximum absolute atomic E-state index is 11.8. The quantitative estimate of drug-likeness (QED) is 0.522. The highest BCUT2D eigenvalue weighted by Crippen LogP contribution is 1.94. The number of hydrogen-bond acceptors (Lipinski definition) is 2. The highest BCUT2D eigenvalue weighted by Gasteiger charge is 2.24. The first-order valence-corrected chi connectivity index (χ1v) is 3.39. The monoisotopic (exact) mass is 160 g/mol. The van der Waals surface area contributed by atoms with Gasteiger partial charge in [0.15, 0.2) is 0 Å². The van der Waals surface area contributed by atoms with Crippen molar-refractivity contribution >= 4 is 11.8 Å². The minimum absolute atomic E-state index is 0.0201. The average molecular weight is 160 g/mol. The van der Waals surface area contributed by atoms with Crippen LogP contribution in [0.3, 0.4) is 0 Å². The number of hydrogen-bond donors (Lipinski definition) is 1. The largest absolute Gasteiger partial charge is 0.346 e. The Hall–Kier alpha value is -1.13. The molecular weight excluding hydrogens is 151 g/mol. The minimum Gasteiger partial charge on any atom is -0.346 e. The first-order valence-electron chi connectivity index (χ1n) is 3.39. The summed E-state index contributed by atoms with van der Waals surface area (Å²) in [6.07, 6.45) is 0. The van der Waals surface area contributed by atoms with Crippen LogP contribution >= 0.6 is 0 Å². The molecule has 1 fully saturated rings. The van der Waals surface area contributed by atoms with Gasteiger partial charge in [-0.3, -0.25) is 9.59 Å². The molecule has 1 saturated heterocycles. The van der Waals surface area contributed by atoms with E-state index in [1.807, 2.05) is 0 Å². The van der Waals surface area contributed by atoms with Gasteiger partial charge >= 0.3 is 11.8 Å². The maximum Gasteiger partial charge on any atom is 0.312 e. The Morgan fingerprint density at radius 2 is 2.27 bits per heavy atom. The number of carbonyl (C=O) groups excluding carboxylic acids is 2. The normalized spacial score (nSPS) is 18.5. The van der Waals surface area contributed by atoms with Gasteiger partial charge in [-0.15, -0.1) is 0 Å². The van der Waals surface area contributed by atoms with Crippen molar-refractivity contribution in [3.8, 4) is 0 Å². The molecule has 0 bridgehead atoms. The molecule has 62 valence electrons. The van der Waals surface area contributed by atoms with Crippen LogP contribution < -0.4 is 5.32 Å². The zero-order valence-electron chi connectivity index (χ0n) is 5.97. The first-order chi connectivity index (χ1) is 5.25. The van der Waals surface area contributed by atoms with Gasteiger partial charge in [-0.1, -0.05) is 0 Å². The second-order valence-electron chi connectivity index (χ2n) is 2.24. The number of nitrogens with zero attached hydrogens (tertiary/aromatic N) is 1. The van der Waals surface area contributed by atoms with Crippen molar-refractivity contribution in [2.24, 2.45) is 0 Å². The van der Waals surface area contributed by atoms with Crippen LogP contribution in [0.4, 0.5) is 4.39 Å². The van der Waals surface area contributed by atoms with Crippen LogP contribution in [0.1, 0.15) is 0 Å². The third kappa shape index (κ3) is 1.66. The van der Waals surface area contributed by atoms with Gasteiger partial charge in [0.2, 0.25) is 0 Å². The summed E-state index contributed by atoms with van der Waals surface area (Å²) in [5.74, 6) is -1.27. The predicted molar refractivity (Wildman–Crippen MR) is 35.6 cm³/mol. The van der Waals surface area contributed by atoms with Gasteiger partial charge in [0.05, 0.1) is 0 Å². The van der Waals surface area contributed by atoms with Crippen molar-refractivity contribution in [2.75, 3.05) is 26.3 Å². The van der Waals surface area contributed by atoms with E-state index in [2.05, 4.69) is 5.32 Å². The van der Waals surface area contributed by atoms with Crippen molar-refractivity contribution in [3.63, 3.8) is 0 Å². The molecule has 4 nitrogen and oxygen atoms in total. The van der Waals surface area contributed by atoms with Crippen LogP contribution in [0.25, 0.3) is 0 Å². The zero-order chi connectivity index (χ0) is 8.27. The van der Waals surface area contributed by atoms with Crippen molar-refractivity contribution in [2.45, 2.75) is 0 Å². The summed E-state index contributed by atoms with van der Waals surface area (Å²) in [7, 11) is 0. The van der Waals surface area contributed by atoms with Crippen molar-refractivity contribution in [1.29, 1.82) is 0 Å². The van der Waals surface area contributed by atoms with E-state index in [0.717, 1.165) is 0 Å². The highest BCUT2D eigenvalue weighted by atomic mass is 19.1. The van der Waals surface area contributed by atoms with Gasteiger partial charge in [0.1, 0.15) is 6.67 Å². The van der Waals surface area contributed by atoms with Crippen molar-refractivity contribution in [3.05, 3.63) is 0 Å². The highest BCUT2D eigenvalue weighted by molar-refractivity contribution is 6.35. The van der Waals surface area contributed by atoms with E-state index in [-0.39, 0.29) is 6.54 Å². The molecule has 0 spiro atoms. The summed E-state index contributed by atoms with van der Waals surface area (Å²) in [5, 5.41) is 2.37. The lowest BCUT2D eigenvalue weighted by molar-refractivity contribution is -0.148. The number of nitrogens with one attached hydrogen (secondary N) is 1. The van der Waals surface area contributed by atoms with E-state index in [0.29, 0.717) is 13.1 Å². The Balaban J connectivity index is 2.51. The van der Waals surface area contributed by atoms with Gasteiger partial charge in [-0.05, 0) is 0 Å². The minimum atomic E-state index is -0.635. The fourth-order valence-corrected chi connectivity index (χ4v) is 0.941.